The fourth-order valence-corrected chi connectivity index (χ4v) is 3.47. The van der Waals surface area contributed by atoms with E-state index in [0.29, 0.717) is 6.42 Å². The van der Waals surface area contributed by atoms with Gasteiger partial charge >= 0.3 is 0 Å². The smallest absolute Gasteiger partial charge is 0.234 e. The summed E-state index contributed by atoms with van der Waals surface area (Å²) in [6.07, 6.45) is 3.56. The van der Waals surface area contributed by atoms with Gasteiger partial charge in [0, 0.05) is 10.9 Å². The number of hydrogen-bond donors (Lipinski definition) is 1. The molecule has 94 valence electrons. The quantitative estimate of drug-likeness (QED) is 0.811. The Balaban J connectivity index is 1.99. The molecule has 0 radical (unpaired) electrons. The van der Waals surface area contributed by atoms with E-state index >= 15 is 0 Å². The highest BCUT2D eigenvalue weighted by Gasteiger charge is 2.52. The maximum atomic E-state index is 12.2. The topological polar surface area (TPSA) is 46.2 Å². The average molecular weight is 308 g/mol. The lowest BCUT2D eigenvalue weighted by Gasteiger charge is -2.49. The van der Waals surface area contributed by atoms with Crippen LogP contribution in [0.2, 0.25) is 0 Å². The molecule has 1 saturated heterocycles. The Morgan fingerprint density at radius 1 is 1.17 bits per heavy atom. The van der Waals surface area contributed by atoms with E-state index in [4.69, 9.17) is 0 Å². The predicted octanol–water partition coefficient (Wildman–Crippen LogP) is 2.75. The van der Waals surface area contributed by atoms with Gasteiger partial charge in [-0.15, -0.1) is 0 Å². The summed E-state index contributed by atoms with van der Waals surface area (Å²) in [6.45, 7) is 0. The largest absolute Gasteiger partial charge is 0.296 e. The summed E-state index contributed by atoms with van der Waals surface area (Å²) in [5, 5.41) is 2.48. The van der Waals surface area contributed by atoms with E-state index in [0.717, 1.165) is 29.3 Å². The number of nitrogens with one attached hydrogen (secondary N) is 1. The maximum absolute atomic E-state index is 12.2. The number of amides is 2. The molecule has 1 aromatic carbocycles. The van der Waals surface area contributed by atoms with Gasteiger partial charge in [-0.2, -0.15) is 0 Å². The molecule has 1 aromatic rings. The molecule has 1 spiro atoms. The van der Waals surface area contributed by atoms with Crippen LogP contribution in [0.1, 0.15) is 37.2 Å². The average Bonchev–Trinajstić information content (AvgIpc) is 2.28. The molecule has 3 nitrogen and oxygen atoms in total. The van der Waals surface area contributed by atoms with Crippen LogP contribution in [0.15, 0.2) is 28.7 Å². The number of hydrogen-bond acceptors (Lipinski definition) is 2. The third-order valence-electron chi connectivity index (χ3n) is 4.20. The molecule has 1 atom stereocenters. The molecule has 0 bridgehead atoms. The van der Waals surface area contributed by atoms with Crippen molar-refractivity contribution in [3.05, 3.63) is 34.3 Å². The van der Waals surface area contributed by atoms with Crippen LogP contribution in [0.5, 0.6) is 0 Å². The molecule has 1 aliphatic carbocycles. The highest BCUT2D eigenvalue weighted by Crippen LogP contribution is 2.55. The fraction of sp³-hybridized carbons (Fsp3) is 0.429. The molecular formula is C14H14BrNO2. The van der Waals surface area contributed by atoms with E-state index in [1.54, 1.807) is 0 Å². The molecule has 0 aromatic heterocycles. The van der Waals surface area contributed by atoms with Gasteiger partial charge in [0.15, 0.2) is 0 Å². The van der Waals surface area contributed by atoms with Crippen LogP contribution >= 0.6 is 15.9 Å². The number of imide groups is 1. The number of halogens is 1. The first kappa shape index (κ1) is 11.9. The summed E-state index contributed by atoms with van der Waals surface area (Å²) in [6, 6.07) is 7.85. The summed E-state index contributed by atoms with van der Waals surface area (Å²) < 4.78 is 1.00. The Kier molecular flexibility index (Phi) is 2.77. The van der Waals surface area contributed by atoms with Crippen molar-refractivity contribution in [1.82, 2.24) is 5.32 Å². The Hall–Kier alpha value is -1.16. The lowest BCUT2D eigenvalue weighted by molar-refractivity contribution is -0.143. The molecule has 1 N–H and O–H groups in total. The monoisotopic (exact) mass is 307 g/mol. The summed E-state index contributed by atoms with van der Waals surface area (Å²) in [4.78, 5) is 23.7. The zero-order valence-corrected chi connectivity index (χ0v) is 11.5. The van der Waals surface area contributed by atoms with Crippen LogP contribution in [0.3, 0.4) is 0 Å². The Morgan fingerprint density at radius 3 is 2.39 bits per heavy atom. The van der Waals surface area contributed by atoms with E-state index in [-0.39, 0.29) is 23.1 Å². The van der Waals surface area contributed by atoms with E-state index in [1.165, 1.54) is 0 Å². The van der Waals surface area contributed by atoms with Crippen LogP contribution in [-0.2, 0) is 9.59 Å². The van der Waals surface area contributed by atoms with Crippen molar-refractivity contribution in [1.29, 1.82) is 0 Å². The van der Waals surface area contributed by atoms with Gasteiger partial charge < -0.3 is 0 Å². The lowest BCUT2D eigenvalue weighted by atomic mass is 9.56. The van der Waals surface area contributed by atoms with Crippen LogP contribution in [-0.4, -0.2) is 11.8 Å². The number of rotatable bonds is 1. The molecule has 1 heterocycles. The van der Waals surface area contributed by atoms with Crippen molar-refractivity contribution in [3.8, 4) is 0 Å². The summed E-state index contributed by atoms with van der Waals surface area (Å²) in [5.41, 5.74) is 0.899. The SMILES string of the molecule is O=C1CC2(CCC2)C(c2ccc(Br)cc2)C(=O)N1. The number of carbonyl (C=O) groups is 2. The zero-order valence-electron chi connectivity index (χ0n) is 9.91. The number of piperidine rings is 1. The predicted molar refractivity (Wildman–Crippen MR) is 70.9 cm³/mol. The van der Waals surface area contributed by atoms with E-state index in [2.05, 4.69) is 21.2 Å². The maximum Gasteiger partial charge on any atom is 0.234 e. The Morgan fingerprint density at radius 2 is 1.83 bits per heavy atom. The highest BCUT2D eigenvalue weighted by atomic mass is 79.9. The third kappa shape index (κ3) is 1.79. The van der Waals surface area contributed by atoms with Gasteiger partial charge in [-0.1, -0.05) is 34.5 Å². The van der Waals surface area contributed by atoms with Crippen LogP contribution < -0.4 is 5.32 Å². The molecule has 2 aliphatic rings. The van der Waals surface area contributed by atoms with Gasteiger partial charge in [0.2, 0.25) is 11.8 Å². The van der Waals surface area contributed by atoms with Gasteiger partial charge in [-0.3, -0.25) is 14.9 Å². The molecule has 2 amide bonds. The first-order valence-electron chi connectivity index (χ1n) is 6.20. The van der Waals surface area contributed by atoms with Crippen molar-refractivity contribution in [3.63, 3.8) is 0 Å². The van der Waals surface area contributed by atoms with Gasteiger partial charge in [-0.05, 0) is 36.0 Å². The summed E-state index contributed by atoms with van der Waals surface area (Å²) in [5.74, 6) is -0.418. The van der Waals surface area contributed by atoms with Gasteiger partial charge in [0.05, 0.1) is 5.92 Å². The minimum atomic E-state index is -0.169. The number of carbonyl (C=O) groups excluding carboxylic acids is 2. The van der Waals surface area contributed by atoms with Gasteiger partial charge in [0.1, 0.15) is 0 Å². The molecule has 1 unspecified atom stereocenters. The normalized spacial score (nSPS) is 25.7. The Labute approximate surface area is 114 Å². The summed E-state index contributed by atoms with van der Waals surface area (Å²) >= 11 is 3.40. The second-order valence-corrected chi connectivity index (χ2v) is 6.21. The second kappa shape index (κ2) is 4.19. The third-order valence-corrected chi connectivity index (χ3v) is 4.73. The minimum Gasteiger partial charge on any atom is -0.296 e. The molecule has 4 heteroatoms. The van der Waals surface area contributed by atoms with E-state index in [9.17, 15) is 9.59 Å². The first-order chi connectivity index (χ1) is 8.61. The van der Waals surface area contributed by atoms with E-state index < -0.39 is 0 Å². The van der Waals surface area contributed by atoms with Crippen LogP contribution in [0.25, 0.3) is 0 Å². The number of benzene rings is 1. The standard InChI is InChI=1S/C14H14BrNO2/c15-10-4-2-9(3-5-10)12-13(18)16-11(17)8-14(12)6-1-7-14/h2-5,12H,1,6-8H2,(H,16,17,18). The molecule has 2 fully saturated rings. The molecule has 3 rings (SSSR count). The molecule has 18 heavy (non-hydrogen) atoms. The first-order valence-corrected chi connectivity index (χ1v) is 6.99. The van der Waals surface area contributed by atoms with Crippen molar-refractivity contribution in [2.75, 3.05) is 0 Å². The minimum absolute atomic E-state index is 0.118. The Bertz CT molecular complexity index is 505. The second-order valence-electron chi connectivity index (χ2n) is 5.29. The zero-order chi connectivity index (χ0) is 12.8. The van der Waals surface area contributed by atoms with Crippen LogP contribution in [0.4, 0.5) is 0 Å². The molecular weight excluding hydrogens is 294 g/mol. The molecule has 1 saturated carbocycles. The van der Waals surface area contributed by atoms with Gasteiger partial charge in [0.25, 0.3) is 0 Å². The van der Waals surface area contributed by atoms with Gasteiger partial charge in [-0.25, -0.2) is 0 Å². The van der Waals surface area contributed by atoms with Crippen LogP contribution in [0, 0.1) is 5.41 Å². The van der Waals surface area contributed by atoms with Crippen molar-refractivity contribution >= 4 is 27.7 Å². The fourth-order valence-electron chi connectivity index (χ4n) is 3.21. The van der Waals surface area contributed by atoms with E-state index in [1.807, 2.05) is 24.3 Å². The summed E-state index contributed by atoms with van der Waals surface area (Å²) in [7, 11) is 0. The van der Waals surface area contributed by atoms with Crippen molar-refractivity contribution in [2.45, 2.75) is 31.6 Å². The van der Waals surface area contributed by atoms with Crippen molar-refractivity contribution in [2.24, 2.45) is 5.41 Å². The lowest BCUT2D eigenvalue weighted by Crippen LogP contribution is -2.53. The van der Waals surface area contributed by atoms with Crippen molar-refractivity contribution < 1.29 is 9.59 Å². The molecule has 1 aliphatic heterocycles. The highest BCUT2D eigenvalue weighted by molar-refractivity contribution is 9.10.